The zero-order valence-electron chi connectivity index (χ0n) is 9.12. The molecule has 0 atom stereocenters. The lowest BCUT2D eigenvalue weighted by molar-refractivity contribution is 0.991. The number of halogens is 1. The van der Waals surface area contributed by atoms with Crippen LogP contribution in [0.1, 0.15) is 33.6 Å². The van der Waals surface area contributed by atoms with E-state index >= 15 is 0 Å². The van der Waals surface area contributed by atoms with Gasteiger partial charge in [0.15, 0.2) is 0 Å². The Kier molecular flexibility index (Phi) is 7.51. The highest BCUT2D eigenvalue weighted by atomic mass is 35.5. The van der Waals surface area contributed by atoms with Crippen LogP contribution in [0.5, 0.6) is 0 Å². The Morgan fingerprint density at radius 1 is 1.08 bits per heavy atom. The van der Waals surface area contributed by atoms with Crippen molar-refractivity contribution >= 4 is 19.7 Å². The molecule has 0 unspecified atom stereocenters. The molecular formula is C11H21ClSi. The second-order valence-corrected chi connectivity index (χ2v) is 8.75. The Bertz CT molecular complexity index is 166. The minimum absolute atomic E-state index is 0.744. The summed E-state index contributed by atoms with van der Waals surface area (Å²) >= 11 is 5.60. The molecule has 2 heteroatoms. The van der Waals surface area contributed by atoms with Crippen LogP contribution in [0.4, 0.5) is 0 Å². The summed E-state index contributed by atoms with van der Waals surface area (Å²) in [5, 5.41) is 0. The van der Waals surface area contributed by atoms with Crippen molar-refractivity contribution in [3.05, 3.63) is 0 Å². The van der Waals surface area contributed by atoms with Crippen molar-refractivity contribution in [3.63, 3.8) is 0 Å². The van der Waals surface area contributed by atoms with Gasteiger partial charge in [-0.3, -0.25) is 0 Å². The Balaban J connectivity index is 4.11. The molecule has 0 rings (SSSR count). The van der Waals surface area contributed by atoms with Crippen LogP contribution in [0.15, 0.2) is 0 Å². The monoisotopic (exact) mass is 216 g/mol. The molecule has 0 bridgehead atoms. The fourth-order valence-corrected chi connectivity index (χ4v) is 4.08. The van der Waals surface area contributed by atoms with Gasteiger partial charge in [-0.15, -0.1) is 23.1 Å². The molecule has 0 N–H and O–H groups in total. The van der Waals surface area contributed by atoms with Gasteiger partial charge in [0.25, 0.3) is 0 Å². The average Bonchev–Trinajstić information content (AvgIpc) is 2.20. The molecule has 0 aromatic carbocycles. The van der Waals surface area contributed by atoms with Crippen LogP contribution in [0.2, 0.25) is 18.1 Å². The number of alkyl halides is 1. The molecule has 0 aliphatic rings. The first kappa shape index (κ1) is 13.1. The number of unbranched alkanes of at least 4 members (excludes halogenated alkanes) is 1. The van der Waals surface area contributed by atoms with Gasteiger partial charge in [-0.1, -0.05) is 20.8 Å². The van der Waals surface area contributed by atoms with Gasteiger partial charge in [0.05, 0.1) is 0 Å². The molecule has 0 aliphatic carbocycles. The van der Waals surface area contributed by atoms with Gasteiger partial charge in [0, 0.05) is 12.3 Å². The Morgan fingerprint density at radius 2 is 1.62 bits per heavy atom. The van der Waals surface area contributed by atoms with Crippen molar-refractivity contribution in [2.24, 2.45) is 0 Å². The Morgan fingerprint density at radius 3 is 2.00 bits per heavy atom. The van der Waals surface area contributed by atoms with Gasteiger partial charge in [0.1, 0.15) is 8.07 Å². The van der Waals surface area contributed by atoms with Crippen LogP contribution in [-0.4, -0.2) is 14.0 Å². The first-order valence-corrected chi connectivity index (χ1v) is 8.46. The summed E-state index contributed by atoms with van der Waals surface area (Å²) in [5.74, 6) is 4.05. The maximum atomic E-state index is 5.60. The highest BCUT2D eigenvalue weighted by Crippen LogP contribution is 2.18. The predicted octanol–water partition coefficient (Wildman–Crippen LogP) is 4.06. The molecule has 0 nitrogen and oxygen atoms in total. The topological polar surface area (TPSA) is 0 Å². The Labute approximate surface area is 89.1 Å². The lowest BCUT2D eigenvalue weighted by Crippen LogP contribution is -2.29. The molecular weight excluding hydrogens is 196 g/mol. The van der Waals surface area contributed by atoms with E-state index in [1.54, 1.807) is 0 Å². The highest BCUT2D eigenvalue weighted by Gasteiger charge is 2.23. The molecule has 0 aromatic heterocycles. The smallest absolute Gasteiger partial charge is 0.131 e. The summed E-state index contributed by atoms with van der Waals surface area (Å²) in [5.41, 5.74) is 3.55. The third kappa shape index (κ3) is 4.74. The van der Waals surface area contributed by atoms with E-state index in [2.05, 4.69) is 32.2 Å². The highest BCUT2D eigenvalue weighted by molar-refractivity contribution is 6.87. The van der Waals surface area contributed by atoms with Gasteiger partial charge in [-0.25, -0.2) is 0 Å². The molecule has 0 saturated heterocycles. The van der Waals surface area contributed by atoms with Crippen molar-refractivity contribution in [3.8, 4) is 11.5 Å². The second kappa shape index (κ2) is 7.47. The Hall–Kier alpha value is 0.0669. The van der Waals surface area contributed by atoms with Crippen molar-refractivity contribution in [2.75, 3.05) is 5.88 Å². The third-order valence-corrected chi connectivity index (χ3v) is 7.85. The SMILES string of the molecule is CC[Si](C#CCCCCl)(CC)CC. The molecule has 0 spiro atoms. The van der Waals surface area contributed by atoms with E-state index < -0.39 is 8.07 Å². The molecule has 0 aromatic rings. The normalized spacial score (nSPS) is 10.8. The van der Waals surface area contributed by atoms with E-state index in [0.29, 0.717) is 0 Å². The quantitative estimate of drug-likeness (QED) is 0.282. The summed E-state index contributed by atoms with van der Waals surface area (Å²) in [7, 11) is -1.17. The summed E-state index contributed by atoms with van der Waals surface area (Å²) in [6, 6.07) is 3.90. The predicted molar refractivity (Wildman–Crippen MR) is 64.9 cm³/mol. The number of hydrogen-bond donors (Lipinski definition) is 0. The van der Waals surface area contributed by atoms with Gasteiger partial charge in [0.2, 0.25) is 0 Å². The molecule has 0 amide bonds. The minimum Gasteiger partial charge on any atom is -0.131 e. The summed E-state index contributed by atoms with van der Waals surface area (Å²) in [6.45, 7) is 6.86. The van der Waals surface area contributed by atoms with Crippen LogP contribution < -0.4 is 0 Å². The van der Waals surface area contributed by atoms with Crippen LogP contribution in [0, 0.1) is 11.5 Å². The van der Waals surface area contributed by atoms with Crippen LogP contribution in [-0.2, 0) is 0 Å². The molecule has 0 heterocycles. The summed E-state index contributed by atoms with van der Waals surface area (Å²) < 4.78 is 0. The van der Waals surface area contributed by atoms with E-state index in [1.165, 1.54) is 18.1 Å². The number of hydrogen-bond acceptors (Lipinski definition) is 0. The van der Waals surface area contributed by atoms with Gasteiger partial charge in [-0.05, 0) is 24.6 Å². The average molecular weight is 217 g/mol. The minimum atomic E-state index is -1.17. The van der Waals surface area contributed by atoms with E-state index in [-0.39, 0.29) is 0 Å². The van der Waals surface area contributed by atoms with Gasteiger partial charge >= 0.3 is 0 Å². The first-order chi connectivity index (χ1) is 6.24. The summed E-state index contributed by atoms with van der Waals surface area (Å²) in [6.07, 6.45) is 2.02. The van der Waals surface area contributed by atoms with Crippen LogP contribution in [0.25, 0.3) is 0 Å². The lowest BCUT2D eigenvalue weighted by Gasteiger charge is -2.19. The maximum Gasteiger partial charge on any atom is 0.137 e. The fraction of sp³-hybridized carbons (Fsp3) is 0.818. The van der Waals surface area contributed by atoms with Crippen molar-refractivity contribution in [1.82, 2.24) is 0 Å². The third-order valence-electron chi connectivity index (χ3n) is 2.82. The lowest BCUT2D eigenvalue weighted by atomic mass is 10.4. The van der Waals surface area contributed by atoms with Gasteiger partial charge in [-0.2, -0.15) is 0 Å². The number of rotatable bonds is 5. The first-order valence-electron chi connectivity index (χ1n) is 5.30. The standard InChI is InChI=1S/C11H21ClSi/c1-4-13(5-2,6-3)11-9-7-8-10-12/h4-8,10H2,1-3H3. The fourth-order valence-electron chi connectivity index (χ4n) is 1.42. The molecule has 0 saturated carbocycles. The summed E-state index contributed by atoms with van der Waals surface area (Å²) in [4.78, 5) is 0. The molecule has 76 valence electrons. The zero-order chi connectivity index (χ0) is 10.2. The maximum absolute atomic E-state index is 5.60. The molecule has 0 aliphatic heterocycles. The largest absolute Gasteiger partial charge is 0.137 e. The van der Waals surface area contributed by atoms with Crippen LogP contribution in [0.3, 0.4) is 0 Å². The van der Waals surface area contributed by atoms with Crippen molar-refractivity contribution < 1.29 is 0 Å². The zero-order valence-corrected chi connectivity index (χ0v) is 10.9. The van der Waals surface area contributed by atoms with Crippen molar-refractivity contribution in [1.29, 1.82) is 0 Å². The van der Waals surface area contributed by atoms with Gasteiger partial charge < -0.3 is 0 Å². The molecule has 13 heavy (non-hydrogen) atoms. The van der Waals surface area contributed by atoms with E-state index in [0.717, 1.165) is 18.7 Å². The van der Waals surface area contributed by atoms with Crippen molar-refractivity contribution in [2.45, 2.75) is 51.7 Å². The molecule has 0 fully saturated rings. The van der Waals surface area contributed by atoms with E-state index in [9.17, 15) is 0 Å². The van der Waals surface area contributed by atoms with E-state index in [4.69, 9.17) is 11.6 Å². The second-order valence-electron chi connectivity index (χ2n) is 3.44. The molecule has 0 radical (unpaired) electrons. The van der Waals surface area contributed by atoms with E-state index in [1.807, 2.05) is 0 Å². The van der Waals surface area contributed by atoms with Crippen LogP contribution >= 0.6 is 11.6 Å².